The van der Waals surface area contributed by atoms with Gasteiger partial charge < -0.3 is 8.83 Å². The molecule has 2 aromatic carbocycles. The first-order chi connectivity index (χ1) is 13.3. The number of hydrogen-bond donors (Lipinski definition) is 1. The number of rotatable bonds is 1. The minimum Gasteiger partial charge on any atom is -0.441 e. The highest BCUT2D eigenvalue weighted by atomic mass is 35.7. The summed E-state index contributed by atoms with van der Waals surface area (Å²) in [6, 6.07) is 12.0. The van der Waals surface area contributed by atoms with Crippen LogP contribution in [0, 0.1) is 13.8 Å². The summed E-state index contributed by atoms with van der Waals surface area (Å²) in [5.41, 5.74) is 2.83. The van der Waals surface area contributed by atoms with Gasteiger partial charge in [0.2, 0.25) is 0 Å². The Bertz CT molecular complexity index is 1310. The molecule has 0 aliphatic heterocycles. The van der Waals surface area contributed by atoms with Gasteiger partial charge in [-0.3, -0.25) is 4.55 Å². The van der Waals surface area contributed by atoms with Gasteiger partial charge in [0, 0.05) is 41.3 Å². The maximum atomic E-state index is 11.0. The van der Waals surface area contributed by atoms with Gasteiger partial charge in [-0.25, -0.2) is 18.4 Å². The van der Waals surface area contributed by atoms with E-state index in [1.165, 1.54) is 12.1 Å². The largest absolute Gasteiger partial charge is 0.441 e. The zero-order valence-corrected chi connectivity index (χ0v) is 18.0. The van der Waals surface area contributed by atoms with Gasteiger partial charge in [0.15, 0.2) is 22.9 Å². The van der Waals surface area contributed by atoms with Gasteiger partial charge >= 0.3 is 9.33 Å². The first-order valence-electron chi connectivity index (χ1n) is 7.64. The zero-order chi connectivity index (χ0) is 21.8. The topological polar surface area (TPSA) is 141 Å². The van der Waals surface area contributed by atoms with E-state index in [0.717, 1.165) is 17.0 Å². The van der Waals surface area contributed by atoms with Crippen molar-refractivity contribution in [2.45, 2.75) is 18.7 Å². The lowest BCUT2D eigenvalue weighted by Crippen LogP contribution is -1.88. The van der Waals surface area contributed by atoms with Crippen LogP contribution in [0.3, 0.4) is 0 Å². The van der Waals surface area contributed by atoms with Crippen LogP contribution >= 0.6 is 21.4 Å². The van der Waals surface area contributed by atoms with Gasteiger partial charge in [-0.15, -0.1) is 0 Å². The summed E-state index contributed by atoms with van der Waals surface area (Å²) in [4.78, 5) is 8.19. The van der Waals surface area contributed by atoms with E-state index in [2.05, 4.69) is 20.7 Å². The average molecular weight is 481 g/mol. The predicted molar refractivity (Wildman–Crippen MR) is 108 cm³/mol. The fourth-order valence-corrected chi connectivity index (χ4v) is 2.93. The Hall–Kier alpha value is -2.18. The quantitative estimate of drug-likeness (QED) is 0.312. The molecule has 0 radical (unpaired) electrons. The molecule has 4 rings (SSSR count). The molecule has 13 heteroatoms. The molecular formula is C16H14Cl2N2O7S2. The van der Waals surface area contributed by atoms with Crippen molar-refractivity contribution >= 4 is 61.9 Å². The fourth-order valence-electron chi connectivity index (χ4n) is 2.16. The van der Waals surface area contributed by atoms with E-state index >= 15 is 0 Å². The smallest absolute Gasteiger partial charge is 0.353 e. The zero-order valence-electron chi connectivity index (χ0n) is 14.9. The number of para-hydroxylation sites is 2. The molecular weight excluding hydrogens is 467 g/mol. The van der Waals surface area contributed by atoms with Gasteiger partial charge in [0.25, 0.3) is 9.05 Å². The standard InChI is InChI=1S/C8H6ClNO3S.C8H7NO.ClHO3S/c1-5-10-7-3-2-6(14(9,11)12)4-8(7)13-5;1-6-9-7-4-2-3-5-8(7)10-6;1-5(2,3)4/h2-4H,1H3;2-5H,1H3;(H,2,3,4). The van der Waals surface area contributed by atoms with Crippen LogP contribution in [0.4, 0.5) is 0 Å². The van der Waals surface area contributed by atoms with Crippen LogP contribution in [0.25, 0.3) is 22.2 Å². The maximum Gasteiger partial charge on any atom is 0.353 e. The number of aryl methyl sites for hydroxylation is 2. The lowest BCUT2D eigenvalue weighted by Gasteiger charge is -1.93. The number of hydrogen-bond acceptors (Lipinski definition) is 8. The summed E-state index contributed by atoms with van der Waals surface area (Å²) in [7, 11) is 1.34. The van der Waals surface area contributed by atoms with Crippen molar-refractivity contribution in [3.05, 3.63) is 54.2 Å². The van der Waals surface area contributed by atoms with Gasteiger partial charge in [-0.2, -0.15) is 8.42 Å². The molecule has 0 amide bonds. The highest BCUT2D eigenvalue weighted by molar-refractivity contribution is 8.13. The normalized spacial score (nSPS) is 11.5. The van der Waals surface area contributed by atoms with E-state index < -0.39 is 18.4 Å². The number of benzene rings is 2. The Morgan fingerprint density at radius 3 is 1.83 bits per heavy atom. The van der Waals surface area contributed by atoms with Crippen LogP contribution in [0.15, 0.2) is 56.2 Å². The molecule has 0 fully saturated rings. The molecule has 0 aliphatic rings. The number of oxazole rings is 2. The Morgan fingerprint density at radius 2 is 1.31 bits per heavy atom. The van der Waals surface area contributed by atoms with Crippen LogP contribution in [-0.4, -0.2) is 31.4 Å². The van der Waals surface area contributed by atoms with Crippen molar-refractivity contribution in [2.75, 3.05) is 0 Å². The molecule has 1 N–H and O–H groups in total. The molecule has 156 valence electrons. The van der Waals surface area contributed by atoms with E-state index in [-0.39, 0.29) is 4.90 Å². The van der Waals surface area contributed by atoms with Crippen molar-refractivity contribution in [1.82, 2.24) is 9.97 Å². The predicted octanol–water partition coefficient (Wildman–Crippen LogP) is 4.23. The van der Waals surface area contributed by atoms with Crippen LogP contribution in [-0.2, 0) is 18.4 Å². The first kappa shape index (κ1) is 23.1. The van der Waals surface area contributed by atoms with Crippen molar-refractivity contribution in [3.63, 3.8) is 0 Å². The van der Waals surface area contributed by atoms with Gasteiger partial charge in [-0.1, -0.05) is 12.1 Å². The third-order valence-electron chi connectivity index (χ3n) is 3.15. The SMILES string of the molecule is Cc1nc2ccc(S(=O)(=O)Cl)cc2o1.Cc1nc2ccccc2o1.O=S(=O)(O)Cl. The second-order valence-corrected chi connectivity index (χ2v) is 9.97. The van der Waals surface area contributed by atoms with Crippen molar-refractivity contribution in [1.29, 1.82) is 0 Å². The summed E-state index contributed by atoms with van der Waals surface area (Å²) >= 11 is 0. The van der Waals surface area contributed by atoms with Gasteiger partial charge in [0.05, 0.1) is 4.90 Å². The Labute approximate surface area is 174 Å². The summed E-state index contributed by atoms with van der Waals surface area (Å²) in [6.45, 7) is 3.54. The van der Waals surface area contributed by atoms with Crippen LogP contribution in [0.2, 0.25) is 0 Å². The number of halogens is 2. The number of nitrogens with zero attached hydrogens (tertiary/aromatic N) is 2. The molecule has 0 saturated heterocycles. The Balaban J connectivity index is 0.000000175. The second kappa shape index (κ2) is 9.09. The molecule has 0 atom stereocenters. The van der Waals surface area contributed by atoms with Gasteiger partial charge in [0.1, 0.15) is 11.0 Å². The molecule has 0 unspecified atom stereocenters. The molecule has 0 spiro atoms. The monoisotopic (exact) mass is 480 g/mol. The third kappa shape index (κ3) is 7.63. The van der Waals surface area contributed by atoms with Gasteiger partial charge in [-0.05, 0) is 24.3 Å². The van der Waals surface area contributed by atoms with E-state index in [4.69, 9.17) is 32.5 Å². The van der Waals surface area contributed by atoms with E-state index in [1.54, 1.807) is 13.0 Å². The molecule has 0 saturated carbocycles. The average Bonchev–Trinajstić information content (AvgIpc) is 3.12. The lowest BCUT2D eigenvalue weighted by atomic mass is 10.3. The molecule has 9 nitrogen and oxygen atoms in total. The third-order valence-corrected chi connectivity index (χ3v) is 4.50. The minimum absolute atomic E-state index is 0.0165. The highest BCUT2D eigenvalue weighted by Crippen LogP contribution is 2.22. The van der Waals surface area contributed by atoms with E-state index in [0.29, 0.717) is 17.0 Å². The number of fused-ring (bicyclic) bond motifs is 2. The van der Waals surface area contributed by atoms with Crippen molar-refractivity contribution in [3.8, 4) is 0 Å². The van der Waals surface area contributed by atoms with Crippen LogP contribution < -0.4 is 0 Å². The molecule has 2 heterocycles. The minimum atomic E-state index is -4.19. The summed E-state index contributed by atoms with van der Waals surface area (Å²) in [6.07, 6.45) is 0. The van der Waals surface area contributed by atoms with E-state index in [1.807, 2.05) is 31.2 Å². The Morgan fingerprint density at radius 1 is 0.828 bits per heavy atom. The molecule has 0 bridgehead atoms. The molecule has 4 aromatic rings. The van der Waals surface area contributed by atoms with Crippen molar-refractivity contribution in [2.24, 2.45) is 0 Å². The Kier molecular flexibility index (Phi) is 7.25. The summed E-state index contributed by atoms with van der Waals surface area (Å²) in [5, 5.41) is 0. The lowest BCUT2D eigenvalue weighted by molar-refractivity contribution is 0.501. The highest BCUT2D eigenvalue weighted by Gasteiger charge is 2.12. The van der Waals surface area contributed by atoms with Crippen LogP contribution in [0.1, 0.15) is 11.8 Å². The van der Waals surface area contributed by atoms with Crippen LogP contribution in [0.5, 0.6) is 0 Å². The maximum absolute atomic E-state index is 11.0. The number of aromatic nitrogens is 2. The second-order valence-electron chi connectivity index (χ2n) is 5.41. The van der Waals surface area contributed by atoms with Crippen molar-refractivity contribution < 1.29 is 30.2 Å². The first-order valence-corrected chi connectivity index (χ1v) is 12.2. The summed E-state index contributed by atoms with van der Waals surface area (Å²) in [5.74, 6) is 1.21. The fraction of sp³-hybridized carbons (Fsp3) is 0.125. The van der Waals surface area contributed by atoms with E-state index in [9.17, 15) is 8.42 Å². The molecule has 29 heavy (non-hydrogen) atoms. The summed E-state index contributed by atoms with van der Waals surface area (Å²) < 4.78 is 57.6. The molecule has 2 aromatic heterocycles. The molecule has 0 aliphatic carbocycles.